The van der Waals surface area contributed by atoms with Crippen molar-refractivity contribution in [2.24, 2.45) is 29.2 Å². The molecule has 8 N–H and O–H groups in total. The molecule has 4 unspecified atom stereocenters. The van der Waals surface area contributed by atoms with Crippen LogP contribution in [0.1, 0.15) is 54.4 Å². The van der Waals surface area contributed by atoms with E-state index < -0.39 is 53.8 Å². The van der Waals surface area contributed by atoms with Gasteiger partial charge in [-0.15, -0.1) is 0 Å². The SMILES string of the molecule is CC(C)CC(NC(=O)C(NC(=O)C(NC(=O)C(N)CC(N)=O)C(C)C)C(C)C)C(=O)O. The van der Waals surface area contributed by atoms with E-state index in [1.807, 2.05) is 13.8 Å². The Bertz CT molecular complexity index is 664. The van der Waals surface area contributed by atoms with E-state index in [0.29, 0.717) is 0 Å². The van der Waals surface area contributed by atoms with E-state index in [9.17, 15) is 29.1 Å². The summed E-state index contributed by atoms with van der Waals surface area (Å²) >= 11 is 0. The first-order chi connectivity index (χ1) is 14.2. The number of carbonyl (C=O) groups is 5. The molecule has 0 aliphatic carbocycles. The number of rotatable bonds is 13. The first kappa shape index (κ1) is 28.3. The largest absolute Gasteiger partial charge is 0.480 e. The van der Waals surface area contributed by atoms with Gasteiger partial charge in [0, 0.05) is 0 Å². The number of carboxylic acid groups (broad SMARTS) is 1. The smallest absolute Gasteiger partial charge is 0.326 e. The van der Waals surface area contributed by atoms with Crippen molar-refractivity contribution in [1.29, 1.82) is 0 Å². The van der Waals surface area contributed by atoms with E-state index >= 15 is 0 Å². The molecule has 0 aromatic rings. The lowest BCUT2D eigenvalue weighted by Crippen LogP contribution is -2.59. The van der Waals surface area contributed by atoms with E-state index in [4.69, 9.17) is 11.5 Å². The van der Waals surface area contributed by atoms with E-state index in [-0.39, 0.29) is 30.6 Å². The quantitative estimate of drug-likeness (QED) is 0.212. The topological polar surface area (TPSA) is 194 Å². The van der Waals surface area contributed by atoms with Crippen LogP contribution in [0.25, 0.3) is 0 Å². The second-order valence-electron chi connectivity index (χ2n) is 8.77. The molecule has 0 saturated carbocycles. The van der Waals surface area contributed by atoms with Gasteiger partial charge in [0.1, 0.15) is 18.1 Å². The molecule has 0 saturated heterocycles. The third kappa shape index (κ3) is 10.3. The van der Waals surface area contributed by atoms with Crippen molar-refractivity contribution < 1.29 is 29.1 Å². The first-order valence-corrected chi connectivity index (χ1v) is 10.3. The lowest BCUT2D eigenvalue weighted by atomic mass is 9.98. The Balaban J connectivity index is 5.36. The van der Waals surface area contributed by atoms with Crippen LogP contribution in [0, 0.1) is 17.8 Å². The van der Waals surface area contributed by atoms with Crippen LogP contribution in [-0.4, -0.2) is 58.9 Å². The van der Waals surface area contributed by atoms with Crippen LogP contribution < -0.4 is 27.4 Å². The maximum atomic E-state index is 12.8. The zero-order valence-electron chi connectivity index (χ0n) is 19.1. The van der Waals surface area contributed by atoms with Gasteiger partial charge < -0.3 is 32.5 Å². The Kier molecular flexibility index (Phi) is 11.8. The summed E-state index contributed by atoms with van der Waals surface area (Å²) in [6.45, 7) is 10.5. The molecule has 0 aliphatic heterocycles. The van der Waals surface area contributed by atoms with Gasteiger partial charge in [-0.3, -0.25) is 19.2 Å². The first-order valence-electron chi connectivity index (χ1n) is 10.3. The Labute approximate surface area is 183 Å². The van der Waals surface area contributed by atoms with Crippen LogP contribution in [0.15, 0.2) is 0 Å². The third-order valence-corrected chi connectivity index (χ3v) is 4.57. The minimum Gasteiger partial charge on any atom is -0.480 e. The molecule has 0 aliphatic rings. The maximum absolute atomic E-state index is 12.8. The molecule has 0 heterocycles. The fourth-order valence-electron chi connectivity index (χ4n) is 2.84. The Morgan fingerprint density at radius 3 is 1.55 bits per heavy atom. The van der Waals surface area contributed by atoms with Crippen molar-refractivity contribution >= 4 is 29.6 Å². The predicted molar refractivity (Wildman–Crippen MR) is 114 cm³/mol. The van der Waals surface area contributed by atoms with Crippen molar-refractivity contribution in [1.82, 2.24) is 16.0 Å². The number of nitrogens with two attached hydrogens (primary N) is 2. The molecule has 11 nitrogen and oxygen atoms in total. The van der Waals surface area contributed by atoms with E-state index in [0.717, 1.165) is 0 Å². The fourth-order valence-corrected chi connectivity index (χ4v) is 2.84. The number of primary amides is 1. The second-order valence-corrected chi connectivity index (χ2v) is 8.77. The van der Waals surface area contributed by atoms with Gasteiger partial charge in [-0.05, 0) is 24.2 Å². The van der Waals surface area contributed by atoms with Crippen molar-refractivity contribution in [2.75, 3.05) is 0 Å². The summed E-state index contributed by atoms with van der Waals surface area (Å²) in [5, 5.41) is 16.9. The normalized spacial score (nSPS) is 15.2. The summed E-state index contributed by atoms with van der Waals surface area (Å²) in [5.74, 6) is -4.55. The number of amides is 4. The molecule has 4 amide bonds. The lowest BCUT2D eigenvalue weighted by Gasteiger charge is -2.28. The summed E-state index contributed by atoms with van der Waals surface area (Å²) < 4.78 is 0. The van der Waals surface area contributed by atoms with Crippen LogP contribution in [0.5, 0.6) is 0 Å². The van der Waals surface area contributed by atoms with Crippen molar-refractivity contribution in [3.63, 3.8) is 0 Å². The average Bonchev–Trinajstić information content (AvgIpc) is 2.61. The van der Waals surface area contributed by atoms with Crippen LogP contribution in [0.3, 0.4) is 0 Å². The zero-order valence-corrected chi connectivity index (χ0v) is 19.1. The summed E-state index contributed by atoms with van der Waals surface area (Å²) in [5.41, 5.74) is 10.7. The van der Waals surface area contributed by atoms with Gasteiger partial charge in [-0.25, -0.2) is 4.79 Å². The highest BCUT2D eigenvalue weighted by Crippen LogP contribution is 2.10. The summed E-state index contributed by atoms with van der Waals surface area (Å²) in [4.78, 5) is 60.2. The standard InChI is InChI=1S/C20H37N5O6/c1-9(2)7-13(20(30)31)23-18(28)15(10(3)4)25-19(29)16(11(5)6)24-17(27)12(21)8-14(22)26/h9-13,15-16H,7-8,21H2,1-6H3,(H2,22,26)(H,23,28)(H,24,27)(H,25,29)(H,30,31). The fraction of sp³-hybridized carbons (Fsp3) is 0.750. The van der Waals surface area contributed by atoms with Gasteiger partial charge in [-0.2, -0.15) is 0 Å². The Hall–Kier alpha value is -2.69. The molecular formula is C20H37N5O6. The van der Waals surface area contributed by atoms with E-state index in [2.05, 4.69) is 16.0 Å². The molecule has 0 fully saturated rings. The molecule has 0 spiro atoms. The second kappa shape index (κ2) is 12.9. The Morgan fingerprint density at radius 2 is 1.19 bits per heavy atom. The average molecular weight is 444 g/mol. The van der Waals surface area contributed by atoms with Crippen molar-refractivity contribution in [3.8, 4) is 0 Å². The molecule has 0 aromatic carbocycles. The lowest BCUT2D eigenvalue weighted by molar-refractivity contribution is -0.143. The predicted octanol–water partition coefficient (Wildman–Crippen LogP) is -0.914. The van der Waals surface area contributed by atoms with Gasteiger partial charge in [0.25, 0.3) is 0 Å². The number of aliphatic carboxylic acids is 1. The zero-order chi connectivity index (χ0) is 24.5. The number of carbonyl (C=O) groups excluding carboxylic acids is 4. The number of hydrogen-bond donors (Lipinski definition) is 6. The highest BCUT2D eigenvalue weighted by molar-refractivity contribution is 5.95. The number of nitrogens with one attached hydrogen (secondary N) is 3. The maximum Gasteiger partial charge on any atom is 0.326 e. The van der Waals surface area contributed by atoms with Crippen molar-refractivity contribution in [3.05, 3.63) is 0 Å². The Morgan fingerprint density at radius 1 is 0.774 bits per heavy atom. The van der Waals surface area contributed by atoms with Crippen LogP contribution >= 0.6 is 0 Å². The molecule has 31 heavy (non-hydrogen) atoms. The summed E-state index contributed by atoms with van der Waals surface area (Å²) in [6, 6.07) is -4.33. The minimum atomic E-state index is -1.21. The molecule has 0 rings (SSSR count). The summed E-state index contributed by atoms with van der Waals surface area (Å²) in [6.07, 6.45) is -0.135. The number of carboxylic acids is 1. The monoisotopic (exact) mass is 443 g/mol. The molecule has 0 bridgehead atoms. The van der Waals surface area contributed by atoms with Crippen LogP contribution in [0.2, 0.25) is 0 Å². The molecule has 0 aromatic heterocycles. The van der Waals surface area contributed by atoms with Gasteiger partial charge in [0.05, 0.1) is 12.5 Å². The number of hydrogen-bond acceptors (Lipinski definition) is 6. The molecular weight excluding hydrogens is 406 g/mol. The van der Waals surface area contributed by atoms with Crippen molar-refractivity contribution in [2.45, 2.75) is 78.6 Å². The van der Waals surface area contributed by atoms with Crippen LogP contribution in [-0.2, 0) is 24.0 Å². The highest BCUT2D eigenvalue weighted by atomic mass is 16.4. The van der Waals surface area contributed by atoms with Gasteiger partial charge in [-0.1, -0.05) is 41.5 Å². The molecule has 178 valence electrons. The van der Waals surface area contributed by atoms with E-state index in [1.54, 1.807) is 27.7 Å². The van der Waals surface area contributed by atoms with Gasteiger partial charge in [0.2, 0.25) is 23.6 Å². The van der Waals surface area contributed by atoms with E-state index in [1.165, 1.54) is 0 Å². The third-order valence-electron chi connectivity index (χ3n) is 4.57. The summed E-state index contributed by atoms with van der Waals surface area (Å²) in [7, 11) is 0. The minimum absolute atomic E-state index is 0.0404. The molecule has 11 heteroatoms. The van der Waals surface area contributed by atoms with Gasteiger partial charge in [0.15, 0.2) is 0 Å². The molecule has 4 atom stereocenters. The van der Waals surface area contributed by atoms with Crippen LogP contribution in [0.4, 0.5) is 0 Å². The highest BCUT2D eigenvalue weighted by Gasteiger charge is 2.33. The van der Waals surface area contributed by atoms with Gasteiger partial charge >= 0.3 is 5.97 Å². The molecule has 0 radical (unpaired) electrons.